The van der Waals surface area contributed by atoms with Crippen LogP contribution in [0.1, 0.15) is 52.2 Å². The van der Waals surface area contributed by atoms with E-state index in [4.69, 9.17) is 30.5 Å². The van der Waals surface area contributed by atoms with Gasteiger partial charge in [-0.05, 0) is 112 Å². The number of hydrogen-bond donors (Lipinski definition) is 0. The first-order valence-electron chi connectivity index (χ1n) is 30.6. The zero-order valence-electron chi connectivity index (χ0n) is 56.1. The highest BCUT2D eigenvalue weighted by Crippen LogP contribution is 2.44. The van der Waals surface area contributed by atoms with E-state index in [1.807, 2.05) is 0 Å². The summed E-state index contributed by atoms with van der Waals surface area (Å²) >= 11 is 0. The Bertz CT molecular complexity index is 4840. The van der Waals surface area contributed by atoms with Gasteiger partial charge in [0.25, 0.3) is 0 Å². The monoisotopic (exact) mass is 690 g/mol. The van der Waals surface area contributed by atoms with Gasteiger partial charge in [0.2, 0.25) is 0 Å². The van der Waals surface area contributed by atoms with E-state index < -0.39 is 291 Å². The Kier molecular flexibility index (Phi) is 2.68. The molecule has 11 aromatic rings. The summed E-state index contributed by atoms with van der Waals surface area (Å²) in [5, 5.41) is -6.60. The highest BCUT2D eigenvalue weighted by Gasteiger charge is 2.18. The van der Waals surface area contributed by atoms with Crippen molar-refractivity contribution in [2.24, 2.45) is 0 Å². The van der Waals surface area contributed by atoms with E-state index in [-0.39, 0.29) is 5.39 Å². The third kappa shape index (κ3) is 4.43. The third-order valence-corrected chi connectivity index (χ3v) is 8.82. The fraction of sp³-hybridized carbons (Fsp3) is 0.0196. The molecular weight excluding hydrogens is 629 g/mol. The Hall–Kier alpha value is -6.70. The molecule has 52 heavy (non-hydrogen) atoms. The van der Waals surface area contributed by atoms with Crippen LogP contribution in [-0.2, 0) is 6.42 Å². The summed E-state index contributed by atoms with van der Waals surface area (Å²) in [6.45, 7) is 0. The Balaban J connectivity index is 1.28. The predicted octanol–water partition coefficient (Wildman–Crippen LogP) is 14.3. The molecule has 0 aliphatic rings. The van der Waals surface area contributed by atoms with Crippen LogP contribution in [0, 0.1) is 0 Å². The fourth-order valence-electron chi connectivity index (χ4n) is 6.55. The van der Waals surface area contributed by atoms with Crippen molar-refractivity contribution in [2.45, 2.75) is 6.42 Å². The van der Waals surface area contributed by atoms with Gasteiger partial charge in [-0.25, -0.2) is 0 Å². The van der Waals surface area contributed by atoms with Gasteiger partial charge < -0.3 is 4.42 Å². The predicted molar refractivity (Wildman–Crippen MR) is 221 cm³/mol. The van der Waals surface area contributed by atoms with Gasteiger partial charge in [0.05, 0.1) is 41.1 Å². The van der Waals surface area contributed by atoms with E-state index in [9.17, 15) is 15.1 Å². The molecule has 0 unspecified atom stereocenters. The molecule has 0 aliphatic carbocycles. The van der Waals surface area contributed by atoms with Gasteiger partial charge in [-0.3, -0.25) is 0 Å². The van der Waals surface area contributed by atoms with Gasteiger partial charge in [0.15, 0.2) is 0 Å². The van der Waals surface area contributed by atoms with Crippen LogP contribution in [0.15, 0.2) is 186 Å². The maximum atomic E-state index is 9.81. The van der Waals surface area contributed by atoms with Crippen molar-refractivity contribution in [2.75, 3.05) is 0 Å². The van der Waals surface area contributed by atoms with Crippen molar-refractivity contribution in [3.8, 4) is 22.3 Å². The maximum absolute atomic E-state index is 9.81. The lowest BCUT2D eigenvalue weighted by Gasteiger charge is -2.19. The van der Waals surface area contributed by atoms with Crippen LogP contribution in [0.5, 0.6) is 0 Å². The first-order valence-corrected chi connectivity index (χ1v) is 15.6. The minimum atomic E-state index is -0.981. The minimum absolute atomic E-state index is 0.379. The molecule has 0 spiro atoms. The zero-order chi connectivity index (χ0) is 60.3. The maximum Gasteiger partial charge on any atom is 0.143 e. The van der Waals surface area contributed by atoms with Gasteiger partial charge in [0.1, 0.15) is 11.2 Å². The van der Waals surface area contributed by atoms with Crippen LogP contribution >= 0.6 is 0 Å². The molecule has 0 saturated heterocycles. The summed E-state index contributed by atoms with van der Waals surface area (Å²) in [6, 6.07) is -26.2. The van der Waals surface area contributed by atoms with E-state index in [2.05, 4.69) is 0 Å². The molecule has 11 rings (SSSR count). The second-order valence-electron chi connectivity index (χ2n) is 11.6. The fourth-order valence-corrected chi connectivity index (χ4v) is 6.55. The molecule has 0 N–H and O–H groups in total. The second kappa shape index (κ2) is 11.4. The molecule has 0 bridgehead atoms. The lowest BCUT2D eigenvalue weighted by molar-refractivity contribution is 0.672. The summed E-state index contributed by atoms with van der Waals surface area (Å²) in [5.74, 6) is 0. The smallest absolute Gasteiger partial charge is 0.143 e. The van der Waals surface area contributed by atoms with Crippen molar-refractivity contribution in [3.63, 3.8) is 0 Å². The number of rotatable bonds is 4. The Morgan fingerprint density at radius 3 is 1.69 bits per heavy atom. The Labute approximate surface area is 343 Å². The average molecular weight is 691 g/mol. The van der Waals surface area contributed by atoms with Crippen LogP contribution in [0.4, 0.5) is 0 Å². The molecule has 0 atom stereocenters. The van der Waals surface area contributed by atoms with Gasteiger partial charge in [-0.2, -0.15) is 0 Å². The van der Waals surface area contributed by atoms with Gasteiger partial charge in [-0.15, -0.1) is 0 Å². The second-order valence-corrected chi connectivity index (χ2v) is 11.6. The summed E-state index contributed by atoms with van der Waals surface area (Å²) in [6.07, 6.45) is -0.976. The van der Waals surface area contributed by atoms with Crippen molar-refractivity contribution in [3.05, 3.63) is 192 Å². The topological polar surface area (TPSA) is 13.1 Å². The molecule has 1 nitrogen and oxygen atoms in total. The molecule has 1 heteroatoms. The van der Waals surface area contributed by atoms with E-state index in [0.717, 1.165) is 0 Å². The SMILES string of the molecule is [2H]c1c([2H])c(-c2c([2H])c([2H])c3oc4c5c([2H])c([2H])c([2H])c([2H])c5c([2H])c([2H])c4c3c2[2H])c([2H])c([2H])c1Cc1c2c([2H])c([2H])c([2H])c([2H])c2c(-c2c([2H])c3c([2H])c([2H])c([2H])c([2H])c3c3c([2H])c([2H])c([2H])c([2H])c23)c2c([2H])c([2H])c([2H])c([2H])c12. The molecule has 10 aromatic carbocycles. The van der Waals surface area contributed by atoms with E-state index in [1.165, 1.54) is 0 Å². The molecule has 0 fully saturated rings. The lowest BCUT2D eigenvalue weighted by atomic mass is 9.84. The number of hydrogen-bond acceptors (Lipinski definition) is 1. The molecule has 1 aromatic heterocycles. The number of fused-ring (bicyclic) bond motifs is 10. The molecule has 0 aliphatic heterocycles. The molecular formula is C51H32O. The minimum Gasteiger partial charge on any atom is -0.455 e. The highest BCUT2D eigenvalue weighted by atomic mass is 16.3. The number of benzene rings is 10. The number of furan rings is 1. The normalized spacial score (nSPS) is 20.0. The van der Waals surface area contributed by atoms with Crippen LogP contribution in [0.2, 0.25) is 0 Å². The van der Waals surface area contributed by atoms with E-state index in [1.54, 1.807) is 0 Å². The molecule has 1 heterocycles. The molecule has 242 valence electrons. The first kappa shape index (κ1) is 12.2. The van der Waals surface area contributed by atoms with Crippen LogP contribution < -0.4 is 0 Å². The van der Waals surface area contributed by atoms with Crippen LogP contribution in [-0.4, -0.2) is 0 Å². The summed E-state index contributed by atoms with van der Waals surface area (Å²) in [7, 11) is 0. The van der Waals surface area contributed by atoms with Gasteiger partial charge in [-0.1, -0.05) is 157 Å². The molecule has 0 saturated carbocycles. The van der Waals surface area contributed by atoms with E-state index >= 15 is 0 Å². The van der Waals surface area contributed by atoms with E-state index in [0.29, 0.717) is 0 Å². The van der Waals surface area contributed by atoms with Crippen molar-refractivity contribution >= 4 is 75.8 Å². The Morgan fingerprint density at radius 1 is 0.385 bits per heavy atom. The Morgan fingerprint density at radius 2 is 0.962 bits per heavy atom. The van der Waals surface area contributed by atoms with Crippen molar-refractivity contribution in [1.82, 2.24) is 0 Å². The quantitative estimate of drug-likeness (QED) is 0.132. The molecule has 0 amide bonds. The summed E-state index contributed by atoms with van der Waals surface area (Å²) < 4.78 is 277. The van der Waals surface area contributed by atoms with Crippen LogP contribution in [0.25, 0.3) is 98.1 Å². The lowest BCUT2D eigenvalue weighted by Crippen LogP contribution is -1.96. The zero-order valence-corrected chi connectivity index (χ0v) is 26.1. The highest BCUT2D eigenvalue weighted by molar-refractivity contribution is 6.22. The standard InChI is InChI=1S/C51H32O/c1-4-14-38-34(11-1)25-27-45-47-30-35(26-28-49(47)52-51(38)45)33-23-21-32(22-24-33)29-46-41-17-7-9-19-43(41)50(44-20-10-8-18-42(44)46)48-31-36-12-2-3-13-37(36)39-15-5-6-16-40(39)48/h1-28,30-31H,29H2/i1D,2D,3D,4D,5D,6D,7D,8D,9D,10D,11D,12D,13D,14D,15D,16D,17D,18D,19D,20D,21D,22D,23D,24D,25D,26D,27D,28D,30D,31D. The average Bonchev–Trinajstić information content (AvgIpc) is 2.05. The largest absolute Gasteiger partial charge is 0.455 e. The van der Waals surface area contributed by atoms with Crippen molar-refractivity contribution in [1.29, 1.82) is 0 Å². The van der Waals surface area contributed by atoms with Gasteiger partial charge in [0, 0.05) is 16.2 Å². The summed E-state index contributed by atoms with van der Waals surface area (Å²) in [4.78, 5) is 0. The van der Waals surface area contributed by atoms with Gasteiger partial charge >= 0.3 is 0 Å². The first-order chi connectivity index (χ1) is 38.3. The van der Waals surface area contributed by atoms with Crippen molar-refractivity contribution < 1.29 is 45.5 Å². The van der Waals surface area contributed by atoms with Crippen LogP contribution in [0.3, 0.4) is 0 Å². The molecule has 0 radical (unpaired) electrons. The summed E-state index contributed by atoms with van der Waals surface area (Å²) in [5.41, 5.74) is -4.94. The third-order valence-electron chi connectivity index (χ3n) is 8.82.